The molecule has 3 N–H and O–H groups in total. The molecule has 11 rings (SSSR count). The number of hydrogen-bond acceptors (Lipinski definition) is 10. The molecule has 9 aliphatic rings. The zero-order chi connectivity index (χ0) is 50.4. The maximum absolute atomic E-state index is 16.4. The Hall–Kier alpha value is 1.26. The predicted octanol–water partition coefficient (Wildman–Crippen LogP) is 4.45. The number of aromatic amines is 1. The van der Waals surface area contributed by atoms with E-state index in [-0.39, 0.29) is 163 Å². The van der Waals surface area contributed by atoms with Gasteiger partial charge in [-0.05, 0) is 200 Å². The van der Waals surface area contributed by atoms with Crippen molar-refractivity contribution in [2.24, 2.45) is 70.0 Å². The standard InChI is InChI=1S/C24H34ClFN2O2.C21H32BrFO2.C5H8O4.C3H3ClN2.2K.H/c1-22(30)9-10-24(26)15(11-22)3-4-17-18-5-6-20(23(18,2)8-7-19(17)24)21(29)14-28-13-16(25)12-27-28;1-19(25)9-10-21(23)13(11-19)3-4-14-15-5-6-17(18(24)12-22)20(15,2)8-7-16(14)21;6-5(9-7)4-2-1-3-8-4;4-3-1-5-6-2-3;;;/h12-13,15,17-20,30H,3-11,14H2,1-2H3;13-17,25H,3-12H2,1-2H3;4,7H,1-3H2;1-2H,(H,5,6);;;/q;;;;2*+1;-1/p-1/t15-,17+,18+,19+,20-,22-,23+,24-;13-,14+,15+,16+,17-,19-,20+,21-;;;;;/m11...../s1. The summed E-state index contributed by atoms with van der Waals surface area (Å²) in [6, 6.07) is 0. The van der Waals surface area contributed by atoms with Gasteiger partial charge < -0.3 is 26.5 Å². The third-order valence-corrected chi connectivity index (χ3v) is 21.1. The number of rotatable bonds is 6. The molecule has 2 aromatic rings. The Morgan fingerprint density at radius 2 is 1.29 bits per heavy atom. The Morgan fingerprint density at radius 3 is 1.69 bits per heavy atom. The molecule has 394 valence electrons. The van der Waals surface area contributed by atoms with E-state index in [0.29, 0.717) is 96.4 Å². The van der Waals surface area contributed by atoms with Crippen LogP contribution in [0.3, 0.4) is 0 Å². The monoisotopic (exact) mass is 1160 g/mol. The van der Waals surface area contributed by atoms with E-state index in [0.717, 1.165) is 83.5 Å². The predicted molar refractivity (Wildman–Crippen MR) is 264 cm³/mol. The number of carbonyl (C=O) groups excluding carboxylic acids is 3. The first-order chi connectivity index (χ1) is 33.1. The van der Waals surface area contributed by atoms with Gasteiger partial charge in [-0.15, -0.1) is 0 Å². The molecule has 17 atom stereocenters. The summed E-state index contributed by atoms with van der Waals surface area (Å²) in [6.07, 6.45) is 22.4. The van der Waals surface area contributed by atoms with Crippen molar-refractivity contribution in [2.45, 2.75) is 191 Å². The molecule has 0 bridgehead atoms. The number of hydrogen-bond donors (Lipinski definition) is 3. The van der Waals surface area contributed by atoms with Crippen molar-refractivity contribution >= 4 is 56.7 Å². The molecule has 8 aliphatic carbocycles. The number of carbonyl (C=O) groups is 3. The van der Waals surface area contributed by atoms with E-state index < -0.39 is 34.6 Å². The summed E-state index contributed by atoms with van der Waals surface area (Å²) < 4.78 is 39.1. The van der Waals surface area contributed by atoms with Crippen LogP contribution in [0.15, 0.2) is 24.8 Å². The minimum atomic E-state index is -1.12. The van der Waals surface area contributed by atoms with Crippen molar-refractivity contribution in [1.82, 2.24) is 20.0 Å². The molecule has 0 radical (unpaired) electrons. The van der Waals surface area contributed by atoms with Crippen LogP contribution >= 0.6 is 39.1 Å². The Bertz CT molecular complexity index is 2170. The average Bonchev–Trinajstić information content (AvgIpc) is 4.19. The minimum absolute atomic E-state index is 0. The number of nitrogens with zero attached hydrogens (tertiary/aromatic N) is 3. The van der Waals surface area contributed by atoms with Crippen molar-refractivity contribution in [3.63, 3.8) is 0 Å². The fraction of sp³-hybridized carbons (Fsp3) is 0.830. The number of aliphatic hydroxyl groups is 2. The number of halogens is 5. The number of nitrogens with one attached hydrogen (secondary N) is 1. The zero-order valence-electron chi connectivity index (χ0n) is 44.5. The van der Waals surface area contributed by atoms with Crippen molar-refractivity contribution in [2.75, 3.05) is 11.9 Å². The number of alkyl halides is 3. The summed E-state index contributed by atoms with van der Waals surface area (Å²) >= 11 is 14.7. The van der Waals surface area contributed by atoms with E-state index in [1.54, 1.807) is 29.5 Å². The van der Waals surface area contributed by atoms with Crippen molar-refractivity contribution in [1.29, 1.82) is 0 Å². The average molecular weight is 1170 g/mol. The second kappa shape index (κ2) is 25.4. The second-order valence-corrected chi connectivity index (χ2v) is 25.6. The fourth-order valence-electron chi connectivity index (χ4n) is 16.9. The smallest absolute Gasteiger partial charge is 1.00 e. The van der Waals surface area contributed by atoms with Gasteiger partial charge in [0.05, 0.1) is 45.5 Å². The summed E-state index contributed by atoms with van der Waals surface area (Å²) in [7, 11) is 0. The quantitative estimate of drug-likeness (QED) is 0.162. The molecule has 1 aliphatic heterocycles. The summed E-state index contributed by atoms with van der Waals surface area (Å²) in [5.41, 5.74) is -3.55. The van der Waals surface area contributed by atoms with E-state index in [9.17, 15) is 29.9 Å². The maximum atomic E-state index is 16.4. The Morgan fingerprint density at radius 1 is 0.764 bits per heavy atom. The summed E-state index contributed by atoms with van der Waals surface area (Å²) in [5.74, 6) is 2.04. The Kier molecular flexibility index (Phi) is 22.0. The molecule has 1 unspecified atom stereocenters. The first-order valence-electron chi connectivity index (χ1n) is 26.3. The molecule has 9 fully saturated rings. The van der Waals surface area contributed by atoms with Gasteiger partial charge in [-0.3, -0.25) is 19.4 Å². The molecule has 0 spiro atoms. The minimum Gasteiger partial charge on any atom is -1.00 e. The molecule has 19 heteroatoms. The van der Waals surface area contributed by atoms with Crippen molar-refractivity contribution < 1.29 is 152 Å². The van der Waals surface area contributed by atoms with E-state index >= 15 is 8.78 Å². The molecule has 2 aromatic heterocycles. The molecule has 12 nitrogen and oxygen atoms in total. The molecular weight excluding hydrogens is 1090 g/mol. The van der Waals surface area contributed by atoms with Gasteiger partial charge in [-0.25, -0.2) is 13.6 Å². The van der Waals surface area contributed by atoms with Crippen LogP contribution in [0.1, 0.15) is 158 Å². The van der Waals surface area contributed by atoms with Gasteiger partial charge in [0, 0.05) is 30.8 Å². The molecule has 72 heavy (non-hydrogen) atoms. The van der Waals surface area contributed by atoms with Gasteiger partial charge in [-0.1, -0.05) is 53.0 Å². The number of Topliss-reactive ketones (excluding diaryl/α,β-unsaturated/α-hetero) is 2. The van der Waals surface area contributed by atoms with Gasteiger partial charge in [0.1, 0.15) is 17.1 Å². The molecule has 0 aromatic carbocycles. The van der Waals surface area contributed by atoms with E-state index in [4.69, 9.17) is 27.9 Å². The fourth-order valence-corrected chi connectivity index (χ4v) is 17.5. The van der Waals surface area contributed by atoms with Crippen LogP contribution in [0.2, 0.25) is 10.0 Å². The van der Waals surface area contributed by atoms with Gasteiger partial charge in [0.2, 0.25) is 0 Å². The van der Waals surface area contributed by atoms with Gasteiger partial charge in [-0.2, -0.15) is 10.2 Å². The van der Waals surface area contributed by atoms with Crippen LogP contribution in [-0.2, 0) is 30.6 Å². The summed E-state index contributed by atoms with van der Waals surface area (Å²) in [4.78, 5) is 39.2. The molecule has 8 saturated carbocycles. The van der Waals surface area contributed by atoms with Crippen LogP contribution in [0.5, 0.6) is 0 Å². The first kappa shape index (κ1) is 62.5. The molecule has 3 heterocycles. The SMILES string of the molecule is C[C@@]1(O)CC[C@@]2(F)[C@H](CC[C@H]3[C@@H]4CC[C@H](C(=O)CBr)[C@@]4(C)CC[C@@H]32)C1.C[C@@]1(O)CC[C@@]2(F)[C@H](CC[C@H]3[C@@H]4CC[C@H](C(=O)Cn5cc(Cl)cn5)[C@@]4(C)CC[C@@H]32)C1.Clc1cn[nH]c1.O=C(O[O-])C1CCCO1.[H-].[K+].[K+]. The largest absolute Gasteiger partial charge is 1.00 e. The van der Waals surface area contributed by atoms with E-state index in [1.165, 1.54) is 0 Å². The molecular formula is C53H77BrCl2F2K2N4O8. The number of ketones is 2. The second-order valence-electron chi connectivity index (χ2n) is 24.1. The molecule has 1 saturated heterocycles. The Balaban J connectivity index is 0.000000206. The summed E-state index contributed by atoms with van der Waals surface area (Å²) in [5, 5.41) is 42.4. The zero-order valence-corrected chi connectivity index (χ0v) is 52.8. The van der Waals surface area contributed by atoms with Gasteiger partial charge in [0.15, 0.2) is 11.9 Å². The van der Waals surface area contributed by atoms with Crippen LogP contribution in [0, 0.1) is 70.0 Å². The van der Waals surface area contributed by atoms with Crippen molar-refractivity contribution in [3.8, 4) is 0 Å². The van der Waals surface area contributed by atoms with Gasteiger partial charge in [0.25, 0.3) is 0 Å². The first-order valence-corrected chi connectivity index (χ1v) is 28.2. The van der Waals surface area contributed by atoms with Crippen LogP contribution in [0.25, 0.3) is 0 Å². The Labute approximate surface area is 530 Å². The number of H-pyrrole nitrogens is 1. The van der Waals surface area contributed by atoms with E-state index in [2.05, 4.69) is 50.0 Å². The number of fused-ring (bicyclic) bond motifs is 10. The molecule has 0 amide bonds. The van der Waals surface area contributed by atoms with Gasteiger partial charge >= 0.3 is 109 Å². The number of ether oxygens (including phenoxy) is 1. The third-order valence-electron chi connectivity index (χ3n) is 20.2. The van der Waals surface area contributed by atoms with E-state index in [1.807, 2.05) is 13.8 Å². The van der Waals surface area contributed by atoms with Crippen LogP contribution in [0.4, 0.5) is 8.78 Å². The van der Waals surface area contributed by atoms with Crippen LogP contribution in [-0.4, -0.2) is 88.3 Å². The normalized spacial score (nSPS) is 43.1. The topological polar surface area (TPSA) is 180 Å². The summed E-state index contributed by atoms with van der Waals surface area (Å²) in [6.45, 7) is 9.19. The van der Waals surface area contributed by atoms with Crippen LogP contribution < -0.4 is 108 Å². The third kappa shape index (κ3) is 13.0. The number of aromatic nitrogens is 4. The maximum Gasteiger partial charge on any atom is 1.00 e. The van der Waals surface area contributed by atoms with Crippen molar-refractivity contribution in [3.05, 3.63) is 34.8 Å².